The van der Waals surface area contributed by atoms with Gasteiger partial charge in [-0.3, -0.25) is 0 Å². The standard InChI is InChI=1S/C31H80O14Si9/c1-31(2,3)21-22-46(13,14)41-47(15,16)23-24-48(17)42-49(18,25-28-52(32-4,33-5)34-6)44-51(20,27-30-54(38-10,39-11)40-12)45-50(19,43-48)26-29-53(35-7,36-8)37-9/h21-30H2,1-20H3. The van der Waals surface area contributed by atoms with E-state index in [-0.39, 0.29) is 5.41 Å². The van der Waals surface area contributed by atoms with Crippen LogP contribution in [0, 0.1) is 5.41 Å². The van der Waals surface area contributed by atoms with Gasteiger partial charge in [0, 0.05) is 82.1 Å². The van der Waals surface area contributed by atoms with E-state index in [1.54, 1.807) is 64.0 Å². The van der Waals surface area contributed by atoms with Crippen LogP contribution in [0.4, 0.5) is 0 Å². The second-order valence-electron chi connectivity index (χ2n) is 17.5. The van der Waals surface area contributed by atoms with Gasteiger partial charge in [0.15, 0.2) is 16.6 Å². The summed E-state index contributed by atoms with van der Waals surface area (Å²) in [6.07, 6.45) is 1.15. The van der Waals surface area contributed by atoms with Gasteiger partial charge in [-0.2, -0.15) is 0 Å². The van der Waals surface area contributed by atoms with Crippen LogP contribution >= 0.6 is 0 Å². The Morgan fingerprint density at radius 3 is 0.833 bits per heavy atom. The van der Waals surface area contributed by atoms with Crippen LogP contribution < -0.4 is 0 Å². The van der Waals surface area contributed by atoms with Crippen molar-refractivity contribution in [3.05, 3.63) is 0 Å². The summed E-state index contributed by atoms with van der Waals surface area (Å²) in [5, 5.41) is 0. The van der Waals surface area contributed by atoms with Crippen LogP contribution in [0.2, 0.25) is 107 Å². The summed E-state index contributed by atoms with van der Waals surface area (Å²) in [5.74, 6) is 0. The van der Waals surface area contributed by atoms with Gasteiger partial charge in [-0.1, -0.05) is 20.8 Å². The third-order valence-electron chi connectivity index (χ3n) is 10.4. The molecule has 0 amide bonds. The van der Waals surface area contributed by atoms with E-state index in [0.29, 0.717) is 36.3 Å². The lowest BCUT2D eigenvalue weighted by atomic mass is 9.94. The fraction of sp³-hybridized carbons (Fsp3) is 1.00. The minimum absolute atomic E-state index is 0.270. The largest absolute Gasteiger partial charge is 0.500 e. The first kappa shape index (κ1) is 53.4. The second kappa shape index (κ2) is 21.3. The van der Waals surface area contributed by atoms with E-state index in [0.717, 1.165) is 24.6 Å². The van der Waals surface area contributed by atoms with E-state index in [2.05, 4.69) is 73.1 Å². The molecule has 2 atom stereocenters. The molecule has 0 aromatic carbocycles. The lowest BCUT2D eigenvalue weighted by Gasteiger charge is -2.51. The molecule has 23 heteroatoms. The Morgan fingerprint density at radius 2 is 0.611 bits per heavy atom. The molecule has 0 N–H and O–H groups in total. The topological polar surface area (TPSA) is 129 Å². The molecule has 0 aliphatic carbocycles. The van der Waals surface area contributed by atoms with Crippen LogP contribution in [0.25, 0.3) is 0 Å². The summed E-state index contributed by atoms with van der Waals surface area (Å²) in [6, 6.07) is 6.03. The fourth-order valence-electron chi connectivity index (χ4n) is 7.18. The molecular formula is C31H80O14Si9. The van der Waals surface area contributed by atoms with E-state index in [1.165, 1.54) is 0 Å². The zero-order chi connectivity index (χ0) is 42.0. The molecule has 0 saturated carbocycles. The Bertz CT molecular complexity index is 1040. The van der Waals surface area contributed by atoms with Gasteiger partial charge in [0.25, 0.3) is 0 Å². The highest BCUT2D eigenvalue weighted by atomic mass is 28.5. The van der Waals surface area contributed by atoms with Crippen molar-refractivity contribution in [3.63, 3.8) is 0 Å². The maximum Gasteiger partial charge on any atom is 0.500 e. The summed E-state index contributed by atoms with van der Waals surface area (Å²) >= 11 is 0. The molecule has 0 bridgehead atoms. The van der Waals surface area contributed by atoms with E-state index >= 15 is 0 Å². The predicted octanol–water partition coefficient (Wildman–Crippen LogP) is 7.85. The lowest BCUT2D eigenvalue weighted by molar-refractivity contribution is 0.122. The first-order valence-corrected chi connectivity index (χ1v) is 41.2. The molecule has 1 rings (SSSR count). The van der Waals surface area contributed by atoms with Crippen LogP contribution in [0.1, 0.15) is 27.2 Å². The van der Waals surface area contributed by atoms with Gasteiger partial charge in [-0.25, -0.2) is 0 Å². The normalized spacial score (nSPS) is 26.9. The first-order valence-electron chi connectivity index (χ1n) is 19.1. The van der Waals surface area contributed by atoms with E-state index in [4.69, 9.17) is 60.4 Å². The maximum absolute atomic E-state index is 7.52. The van der Waals surface area contributed by atoms with E-state index < -0.39 is 77.3 Å². The lowest BCUT2D eigenvalue weighted by Crippen LogP contribution is -2.68. The molecule has 14 nitrogen and oxygen atoms in total. The summed E-state index contributed by atoms with van der Waals surface area (Å²) in [4.78, 5) is 0. The van der Waals surface area contributed by atoms with Crippen LogP contribution in [0.5, 0.6) is 0 Å². The fourth-order valence-corrected chi connectivity index (χ4v) is 52.1. The van der Waals surface area contributed by atoms with Gasteiger partial charge in [0.05, 0.1) is 0 Å². The van der Waals surface area contributed by atoms with Crippen molar-refractivity contribution in [2.24, 2.45) is 5.41 Å². The summed E-state index contributed by atoms with van der Waals surface area (Å²) in [6.45, 7) is 24.9. The summed E-state index contributed by atoms with van der Waals surface area (Å²) < 4.78 is 89.8. The molecule has 54 heavy (non-hydrogen) atoms. The highest BCUT2D eigenvalue weighted by molar-refractivity contribution is 6.95. The maximum atomic E-state index is 7.52. The molecule has 1 heterocycles. The molecule has 324 valence electrons. The molecular weight excluding hydrogens is 849 g/mol. The van der Waals surface area contributed by atoms with Crippen molar-refractivity contribution in [2.75, 3.05) is 64.0 Å². The second-order valence-corrected chi connectivity index (χ2v) is 50.0. The Labute approximate surface area is 339 Å². The van der Waals surface area contributed by atoms with Crippen molar-refractivity contribution in [2.45, 2.75) is 134 Å². The highest BCUT2D eigenvalue weighted by Crippen LogP contribution is 2.42. The Balaban J connectivity index is 3.78. The number of hydrogen-bond donors (Lipinski definition) is 0. The summed E-state index contributed by atoms with van der Waals surface area (Å²) in [7, 11) is -10.6. The monoisotopic (exact) mass is 928 g/mol. The SMILES string of the molecule is CO[Si](CC[Si]1(C)O[Si](C)(CC[Si](C)(C)O[Si](C)(C)CCC(C)(C)C)O[Si](C)(CC[Si](OC)(OC)OC)O[Si](C)(CC[Si](OC)(OC)OC)O1)(OC)OC. The smallest absolute Gasteiger partial charge is 0.456 e. The Hall–Kier alpha value is 1.39. The van der Waals surface area contributed by atoms with E-state index in [9.17, 15) is 0 Å². The summed E-state index contributed by atoms with van der Waals surface area (Å²) in [5.41, 5.74) is 0.270. The van der Waals surface area contributed by atoms with Gasteiger partial charge >= 0.3 is 60.7 Å². The quantitative estimate of drug-likeness (QED) is 0.0825. The molecule has 0 aromatic rings. The Morgan fingerprint density at radius 1 is 0.389 bits per heavy atom. The molecule has 0 radical (unpaired) electrons. The molecule has 1 aliphatic rings. The van der Waals surface area contributed by atoms with Gasteiger partial charge in [0.1, 0.15) is 0 Å². The average molecular weight is 930 g/mol. The van der Waals surface area contributed by atoms with Gasteiger partial charge in [0.2, 0.25) is 0 Å². The average Bonchev–Trinajstić information content (AvgIpc) is 3.08. The number of rotatable bonds is 25. The van der Waals surface area contributed by atoms with Gasteiger partial charge in [-0.05, 0) is 100 Å². The molecule has 0 spiro atoms. The van der Waals surface area contributed by atoms with Crippen molar-refractivity contribution in [1.82, 2.24) is 0 Å². The first-order chi connectivity index (χ1) is 24.6. The molecule has 0 aromatic heterocycles. The van der Waals surface area contributed by atoms with E-state index in [1.807, 2.05) is 0 Å². The van der Waals surface area contributed by atoms with Gasteiger partial charge < -0.3 is 60.4 Å². The predicted molar refractivity (Wildman–Crippen MR) is 235 cm³/mol. The van der Waals surface area contributed by atoms with Crippen LogP contribution in [0.3, 0.4) is 0 Å². The zero-order valence-electron chi connectivity index (χ0n) is 37.8. The number of hydrogen-bond acceptors (Lipinski definition) is 14. The molecule has 1 saturated heterocycles. The molecule has 1 aliphatic heterocycles. The van der Waals surface area contributed by atoms with Crippen molar-refractivity contribution in [3.8, 4) is 0 Å². The molecule has 1 fully saturated rings. The highest BCUT2D eigenvalue weighted by Gasteiger charge is 2.59. The minimum atomic E-state index is -3.12. The minimum Gasteiger partial charge on any atom is -0.456 e. The van der Waals surface area contributed by atoms with Crippen molar-refractivity contribution in [1.29, 1.82) is 0 Å². The van der Waals surface area contributed by atoms with Crippen LogP contribution in [0.15, 0.2) is 0 Å². The molecule has 2 unspecified atom stereocenters. The van der Waals surface area contributed by atoms with Crippen molar-refractivity contribution < 1.29 is 60.4 Å². The third-order valence-corrected chi connectivity index (χ3v) is 46.4. The van der Waals surface area contributed by atoms with Crippen LogP contribution in [-0.4, -0.2) is 141 Å². The van der Waals surface area contributed by atoms with Crippen molar-refractivity contribution >= 4 is 77.3 Å². The van der Waals surface area contributed by atoms with Crippen LogP contribution in [-0.2, 0) is 60.4 Å². The zero-order valence-corrected chi connectivity index (χ0v) is 46.8. The Kier molecular flexibility index (Phi) is 21.0. The van der Waals surface area contributed by atoms with Gasteiger partial charge in [-0.15, -0.1) is 0 Å². The third kappa shape index (κ3) is 16.8.